The van der Waals surface area contributed by atoms with Gasteiger partial charge >= 0.3 is 0 Å². The number of hydrogen-bond acceptors (Lipinski definition) is 2. The summed E-state index contributed by atoms with van der Waals surface area (Å²) in [5.41, 5.74) is 8.96. The van der Waals surface area contributed by atoms with E-state index in [4.69, 9.17) is 5.73 Å². The molecule has 70 valence electrons. The first-order chi connectivity index (χ1) is 6.13. The molecule has 0 aliphatic carbocycles. The topological polar surface area (TPSA) is 38.4 Å². The number of amidine groups is 1. The summed E-state index contributed by atoms with van der Waals surface area (Å²) in [7, 11) is 0. The van der Waals surface area contributed by atoms with Crippen molar-refractivity contribution in [2.24, 2.45) is 10.7 Å². The Kier molecular flexibility index (Phi) is 3.37. The first-order valence-corrected chi connectivity index (χ1v) is 5.31. The molecule has 0 aromatic heterocycles. The fraction of sp³-hybridized carbons (Fsp3) is 0.300. The summed E-state index contributed by atoms with van der Waals surface area (Å²) in [6.45, 7) is 4.08. The quantitative estimate of drug-likeness (QED) is 0.551. The maximum atomic E-state index is 5.64. The minimum absolute atomic E-state index is 0.605. The zero-order valence-electron chi connectivity index (χ0n) is 8.16. The van der Waals surface area contributed by atoms with Crippen molar-refractivity contribution < 1.29 is 0 Å². The molecule has 1 aromatic rings. The first kappa shape index (κ1) is 10.1. The van der Waals surface area contributed by atoms with E-state index in [1.54, 1.807) is 0 Å². The maximum absolute atomic E-state index is 5.64. The van der Waals surface area contributed by atoms with Gasteiger partial charge in [-0.05, 0) is 37.3 Å². The van der Waals surface area contributed by atoms with E-state index in [2.05, 4.69) is 17.1 Å². The highest BCUT2D eigenvalue weighted by Crippen LogP contribution is 2.20. The van der Waals surface area contributed by atoms with Crippen molar-refractivity contribution in [3.63, 3.8) is 0 Å². The zero-order chi connectivity index (χ0) is 9.84. The van der Waals surface area contributed by atoms with Gasteiger partial charge in [0.1, 0.15) is 0 Å². The molecule has 0 fully saturated rings. The number of aryl methyl sites for hydroxylation is 2. The lowest BCUT2D eigenvalue weighted by molar-refractivity contribution is 1.35. The zero-order valence-corrected chi connectivity index (χ0v) is 8.98. The molecule has 2 N–H and O–H groups in total. The van der Waals surface area contributed by atoms with Gasteiger partial charge in [0.25, 0.3) is 0 Å². The van der Waals surface area contributed by atoms with Crippen LogP contribution in [0.25, 0.3) is 0 Å². The van der Waals surface area contributed by atoms with E-state index in [0.29, 0.717) is 5.17 Å². The molecule has 0 bridgehead atoms. The molecule has 1 rings (SSSR count). The van der Waals surface area contributed by atoms with E-state index in [-0.39, 0.29) is 0 Å². The van der Waals surface area contributed by atoms with Crippen LogP contribution in [0.1, 0.15) is 11.1 Å². The minimum Gasteiger partial charge on any atom is -0.378 e. The second-order valence-corrected chi connectivity index (χ2v) is 3.77. The third-order valence-electron chi connectivity index (χ3n) is 1.80. The largest absolute Gasteiger partial charge is 0.378 e. The highest BCUT2D eigenvalue weighted by molar-refractivity contribution is 8.13. The van der Waals surface area contributed by atoms with Crippen molar-refractivity contribution in [1.29, 1.82) is 0 Å². The lowest BCUT2D eigenvalue weighted by Crippen LogP contribution is -2.04. The Morgan fingerprint density at radius 1 is 1.38 bits per heavy atom. The Balaban J connectivity index is 3.07. The molecule has 0 saturated carbocycles. The molecule has 3 heteroatoms. The normalized spacial score (nSPS) is 11.8. The number of thioether (sulfide) groups is 1. The summed E-state index contributed by atoms with van der Waals surface area (Å²) >= 11 is 1.46. The molecule has 2 nitrogen and oxygen atoms in total. The standard InChI is InChI=1S/C10H14N2S/c1-7-4-5-8(2)9(6-7)12-10(11)13-3/h4-6H,1-3H3,(H2,11,12). The monoisotopic (exact) mass is 194 g/mol. The van der Waals surface area contributed by atoms with Crippen LogP contribution in [0.2, 0.25) is 0 Å². The van der Waals surface area contributed by atoms with E-state index in [1.807, 2.05) is 26.2 Å². The lowest BCUT2D eigenvalue weighted by Gasteiger charge is -2.02. The van der Waals surface area contributed by atoms with Gasteiger partial charge in [0.15, 0.2) is 5.17 Å². The maximum Gasteiger partial charge on any atom is 0.158 e. The van der Waals surface area contributed by atoms with Crippen molar-refractivity contribution >= 4 is 22.6 Å². The summed E-state index contributed by atoms with van der Waals surface area (Å²) in [6.07, 6.45) is 1.92. The smallest absolute Gasteiger partial charge is 0.158 e. The molecule has 0 amide bonds. The average molecular weight is 194 g/mol. The van der Waals surface area contributed by atoms with Crippen molar-refractivity contribution in [2.75, 3.05) is 6.26 Å². The van der Waals surface area contributed by atoms with Gasteiger partial charge in [0.2, 0.25) is 0 Å². The van der Waals surface area contributed by atoms with Crippen LogP contribution in [0.3, 0.4) is 0 Å². The Morgan fingerprint density at radius 3 is 2.69 bits per heavy atom. The molecule has 0 aliphatic rings. The molecule has 0 heterocycles. The second kappa shape index (κ2) is 4.33. The van der Waals surface area contributed by atoms with E-state index < -0.39 is 0 Å². The lowest BCUT2D eigenvalue weighted by atomic mass is 10.1. The van der Waals surface area contributed by atoms with Crippen molar-refractivity contribution in [1.82, 2.24) is 0 Å². The van der Waals surface area contributed by atoms with E-state index in [1.165, 1.54) is 17.3 Å². The van der Waals surface area contributed by atoms with Crippen LogP contribution < -0.4 is 5.73 Å². The van der Waals surface area contributed by atoms with Crippen molar-refractivity contribution in [3.05, 3.63) is 29.3 Å². The van der Waals surface area contributed by atoms with Crippen molar-refractivity contribution in [2.45, 2.75) is 13.8 Å². The molecule has 0 radical (unpaired) electrons. The first-order valence-electron chi connectivity index (χ1n) is 4.09. The average Bonchev–Trinajstić information content (AvgIpc) is 2.11. The van der Waals surface area contributed by atoms with Gasteiger partial charge in [0, 0.05) is 0 Å². The molecule has 0 aliphatic heterocycles. The van der Waals surface area contributed by atoms with Gasteiger partial charge in [-0.15, -0.1) is 0 Å². The van der Waals surface area contributed by atoms with Gasteiger partial charge in [-0.25, -0.2) is 4.99 Å². The van der Waals surface area contributed by atoms with E-state index >= 15 is 0 Å². The number of hydrogen-bond donors (Lipinski definition) is 1. The van der Waals surface area contributed by atoms with E-state index in [0.717, 1.165) is 11.3 Å². The Morgan fingerprint density at radius 2 is 2.08 bits per heavy atom. The second-order valence-electron chi connectivity index (χ2n) is 2.94. The minimum atomic E-state index is 0.605. The summed E-state index contributed by atoms with van der Waals surface area (Å²) in [5.74, 6) is 0. The van der Waals surface area contributed by atoms with Gasteiger partial charge in [-0.2, -0.15) is 0 Å². The predicted octanol–water partition coefficient (Wildman–Crippen LogP) is 2.61. The van der Waals surface area contributed by atoms with Crippen LogP contribution in [0, 0.1) is 13.8 Å². The van der Waals surface area contributed by atoms with Gasteiger partial charge in [-0.1, -0.05) is 23.9 Å². The van der Waals surface area contributed by atoms with Crippen LogP contribution in [0.4, 0.5) is 5.69 Å². The Labute approximate surface area is 83.2 Å². The summed E-state index contributed by atoms with van der Waals surface area (Å²) in [4.78, 5) is 4.30. The molecule has 0 saturated heterocycles. The van der Waals surface area contributed by atoms with E-state index in [9.17, 15) is 0 Å². The summed E-state index contributed by atoms with van der Waals surface area (Å²) in [6, 6.07) is 6.17. The number of rotatable bonds is 1. The number of aliphatic imine (C=N–C) groups is 1. The van der Waals surface area contributed by atoms with Crippen LogP contribution in [-0.2, 0) is 0 Å². The fourth-order valence-electron chi connectivity index (χ4n) is 1.00. The molecular weight excluding hydrogens is 180 g/mol. The fourth-order valence-corrected chi connectivity index (χ4v) is 1.19. The summed E-state index contributed by atoms with van der Waals surface area (Å²) in [5, 5.41) is 0.605. The predicted molar refractivity (Wildman–Crippen MR) is 60.7 cm³/mol. The molecule has 1 aromatic carbocycles. The van der Waals surface area contributed by atoms with Crippen LogP contribution in [0.5, 0.6) is 0 Å². The number of nitrogens with zero attached hydrogens (tertiary/aromatic N) is 1. The van der Waals surface area contributed by atoms with Crippen LogP contribution >= 0.6 is 11.8 Å². The highest BCUT2D eigenvalue weighted by atomic mass is 32.2. The van der Waals surface area contributed by atoms with Gasteiger partial charge in [-0.3, -0.25) is 0 Å². The van der Waals surface area contributed by atoms with Gasteiger partial charge in [0.05, 0.1) is 5.69 Å². The number of nitrogens with two attached hydrogens (primary N) is 1. The molecule has 0 spiro atoms. The highest BCUT2D eigenvalue weighted by Gasteiger charge is 1.97. The summed E-state index contributed by atoms with van der Waals surface area (Å²) < 4.78 is 0. The van der Waals surface area contributed by atoms with Crippen LogP contribution in [-0.4, -0.2) is 11.4 Å². The molecule has 0 unspecified atom stereocenters. The third kappa shape index (κ3) is 2.77. The molecule has 13 heavy (non-hydrogen) atoms. The Hall–Kier alpha value is -0.960. The molecular formula is C10H14N2S. The van der Waals surface area contributed by atoms with Crippen LogP contribution in [0.15, 0.2) is 23.2 Å². The third-order valence-corrected chi connectivity index (χ3v) is 2.31. The SMILES string of the molecule is CSC(N)=Nc1cc(C)ccc1C. The molecule has 0 atom stereocenters. The Bertz CT molecular complexity index is 332. The van der Waals surface area contributed by atoms with Gasteiger partial charge < -0.3 is 5.73 Å². The van der Waals surface area contributed by atoms with Crippen molar-refractivity contribution in [3.8, 4) is 0 Å². The number of benzene rings is 1.